The SMILES string of the molecule is O=C1N=C(N2CCC(O)(C(=O)O)CC2)S/C1=C\c1ccc2c(cnn2Cc2ccc(C(F)(F)F)cc2C(F)(F)F)c1. The Kier molecular flexibility index (Phi) is 7.14. The van der Waals surface area contributed by atoms with Crippen molar-refractivity contribution in [3.8, 4) is 0 Å². The molecule has 8 nitrogen and oxygen atoms in total. The predicted molar refractivity (Wildman–Crippen MR) is 137 cm³/mol. The van der Waals surface area contributed by atoms with Crippen LogP contribution in [0.4, 0.5) is 26.3 Å². The van der Waals surface area contributed by atoms with Gasteiger partial charge in [0.25, 0.3) is 5.91 Å². The maximum absolute atomic E-state index is 13.6. The normalized spacial score (nSPS) is 18.8. The molecule has 3 aromatic rings. The minimum atomic E-state index is -5.00. The van der Waals surface area contributed by atoms with Crippen LogP contribution in [0.15, 0.2) is 52.5 Å². The Morgan fingerprint density at radius 3 is 2.39 bits per heavy atom. The highest BCUT2D eigenvalue weighted by atomic mass is 32.2. The number of thioether (sulfide) groups is 1. The number of fused-ring (bicyclic) bond motifs is 1. The van der Waals surface area contributed by atoms with E-state index in [2.05, 4.69) is 10.1 Å². The van der Waals surface area contributed by atoms with Gasteiger partial charge in [-0.25, -0.2) is 4.79 Å². The maximum atomic E-state index is 13.6. The molecular formula is C26H20F6N4O4S. The Morgan fingerprint density at radius 2 is 1.76 bits per heavy atom. The highest BCUT2D eigenvalue weighted by Gasteiger charge is 2.41. The van der Waals surface area contributed by atoms with E-state index in [9.17, 15) is 46.1 Å². The number of likely N-dealkylation sites (tertiary alicyclic amines) is 1. The molecule has 5 rings (SSSR count). The first-order valence-electron chi connectivity index (χ1n) is 12.1. The molecule has 2 aromatic carbocycles. The Labute approximate surface area is 232 Å². The zero-order chi connectivity index (χ0) is 29.7. The van der Waals surface area contributed by atoms with Crippen molar-refractivity contribution in [2.24, 2.45) is 4.99 Å². The Balaban J connectivity index is 1.33. The van der Waals surface area contributed by atoms with Gasteiger partial charge in [0.2, 0.25) is 0 Å². The van der Waals surface area contributed by atoms with Crippen LogP contribution in [0.5, 0.6) is 0 Å². The number of alkyl halides is 6. The molecule has 0 aliphatic carbocycles. The molecule has 2 N–H and O–H groups in total. The number of carbonyl (C=O) groups excluding carboxylic acids is 1. The van der Waals surface area contributed by atoms with Gasteiger partial charge in [-0.15, -0.1) is 0 Å². The molecule has 1 saturated heterocycles. The van der Waals surface area contributed by atoms with Crippen molar-refractivity contribution in [1.29, 1.82) is 0 Å². The Hall–Kier alpha value is -3.85. The zero-order valence-electron chi connectivity index (χ0n) is 20.8. The minimum Gasteiger partial charge on any atom is -0.479 e. The summed E-state index contributed by atoms with van der Waals surface area (Å²) in [4.78, 5) is 29.8. The van der Waals surface area contributed by atoms with Crippen molar-refractivity contribution in [3.05, 3.63) is 69.8 Å². The molecule has 0 atom stereocenters. The fourth-order valence-corrected chi connectivity index (χ4v) is 5.57. The number of rotatable bonds is 4. The summed E-state index contributed by atoms with van der Waals surface area (Å²) in [5.74, 6) is -1.80. The number of amides is 1. The molecule has 15 heteroatoms. The van der Waals surface area contributed by atoms with Gasteiger partial charge in [-0.2, -0.15) is 36.4 Å². The second kappa shape index (κ2) is 10.2. The number of halogens is 6. The predicted octanol–water partition coefficient (Wildman–Crippen LogP) is 5.00. The van der Waals surface area contributed by atoms with Gasteiger partial charge in [0.15, 0.2) is 10.8 Å². The van der Waals surface area contributed by atoms with Crippen molar-refractivity contribution < 1.29 is 46.1 Å². The van der Waals surface area contributed by atoms with E-state index in [0.717, 1.165) is 17.8 Å². The molecule has 0 bridgehead atoms. The average molecular weight is 599 g/mol. The van der Waals surface area contributed by atoms with E-state index in [1.807, 2.05) is 0 Å². The average Bonchev–Trinajstić information content (AvgIpc) is 3.46. The zero-order valence-corrected chi connectivity index (χ0v) is 21.6. The third kappa shape index (κ3) is 5.81. The van der Waals surface area contributed by atoms with E-state index in [4.69, 9.17) is 0 Å². The van der Waals surface area contributed by atoms with Gasteiger partial charge in [0.05, 0.1) is 34.3 Å². The van der Waals surface area contributed by atoms with Crippen molar-refractivity contribution in [1.82, 2.24) is 14.7 Å². The summed E-state index contributed by atoms with van der Waals surface area (Å²) in [6.07, 6.45) is -6.99. The molecule has 3 heterocycles. The lowest BCUT2D eigenvalue weighted by Gasteiger charge is -2.35. The van der Waals surface area contributed by atoms with Gasteiger partial charge in [0.1, 0.15) is 0 Å². The third-order valence-electron chi connectivity index (χ3n) is 6.89. The van der Waals surface area contributed by atoms with Gasteiger partial charge < -0.3 is 15.1 Å². The standard InChI is InChI=1S/C26H20F6N4O4S/c27-25(28,29)17-3-2-15(18(11-17)26(30,31)32)13-36-19-4-1-14(9-16(19)12-33-36)10-20-21(37)34-23(41-20)35-7-5-24(40,6-8-35)22(38)39/h1-4,9-12,40H,5-8,13H2,(H,38,39)/b20-10-. The minimum absolute atomic E-state index is 0.0211. The summed E-state index contributed by atoms with van der Waals surface area (Å²) in [6, 6.07) is 6.34. The second-order valence-corrected chi connectivity index (χ2v) is 10.6. The first kappa shape index (κ1) is 28.7. The number of piperidine rings is 1. The number of carbonyl (C=O) groups is 2. The van der Waals surface area contributed by atoms with E-state index >= 15 is 0 Å². The van der Waals surface area contributed by atoms with E-state index in [0.29, 0.717) is 32.6 Å². The van der Waals surface area contributed by atoms with E-state index < -0.39 is 47.5 Å². The van der Waals surface area contributed by atoms with Crippen LogP contribution < -0.4 is 0 Å². The van der Waals surface area contributed by atoms with Crippen LogP contribution in [0, 0.1) is 0 Å². The van der Waals surface area contributed by atoms with Crippen LogP contribution in [0.1, 0.15) is 35.1 Å². The monoisotopic (exact) mass is 598 g/mol. The fourth-order valence-electron chi connectivity index (χ4n) is 4.60. The van der Waals surface area contributed by atoms with Crippen molar-refractivity contribution in [2.75, 3.05) is 13.1 Å². The molecule has 1 amide bonds. The number of aromatic nitrogens is 2. The number of benzene rings is 2. The van der Waals surface area contributed by atoms with Gasteiger partial charge in [0, 0.05) is 31.3 Å². The number of aliphatic imine (C=N–C) groups is 1. The molecule has 1 aromatic heterocycles. The molecule has 1 fully saturated rings. The molecule has 0 unspecified atom stereocenters. The number of carboxylic acids is 1. The van der Waals surface area contributed by atoms with Crippen molar-refractivity contribution in [3.63, 3.8) is 0 Å². The molecule has 2 aliphatic heterocycles. The number of amidine groups is 1. The lowest BCUT2D eigenvalue weighted by atomic mass is 9.92. The molecule has 216 valence electrons. The van der Waals surface area contributed by atoms with Crippen LogP contribution in [0.25, 0.3) is 17.0 Å². The number of aliphatic hydroxyl groups is 1. The lowest BCUT2D eigenvalue weighted by Crippen LogP contribution is -2.50. The highest BCUT2D eigenvalue weighted by molar-refractivity contribution is 8.18. The molecule has 2 aliphatic rings. The quantitative estimate of drug-likeness (QED) is 0.321. The molecule has 0 spiro atoms. The molecule has 0 saturated carbocycles. The van der Waals surface area contributed by atoms with Crippen molar-refractivity contribution >= 4 is 45.8 Å². The number of aliphatic carboxylic acids is 1. The first-order valence-corrected chi connectivity index (χ1v) is 12.9. The van der Waals surface area contributed by atoms with Crippen LogP contribution in [0.3, 0.4) is 0 Å². The fraction of sp³-hybridized carbons (Fsp3) is 0.308. The summed E-state index contributed by atoms with van der Waals surface area (Å²) in [5.41, 5.74) is -3.98. The van der Waals surface area contributed by atoms with E-state index in [-0.39, 0.29) is 37.6 Å². The third-order valence-corrected chi connectivity index (χ3v) is 7.94. The van der Waals surface area contributed by atoms with Gasteiger partial charge >= 0.3 is 18.3 Å². The summed E-state index contributed by atoms with van der Waals surface area (Å²) in [7, 11) is 0. The Bertz CT molecular complexity index is 1600. The largest absolute Gasteiger partial charge is 0.479 e. The number of hydrogen-bond acceptors (Lipinski definition) is 6. The van der Waals surface area contributed by atoms with Crippen LogP contribution in [-0.2, 0) is 28.5 Å². The summed E-state index contributed by atoms with van der Waals surface area (Å²) in [5, 5.41) is 24.3. The Morgan fingerprint density at radius 1 is 1.05 bits per heavy atom. The first-order chi connectivity index (χ1) is 19.1. The second-order valence-electron chi connectivity index (χ2n) is 9.62. The molecule has 41 heavy (non-hydrogen) atoms. The van der Waals surface area contributed by atoms with E-state index in [1.165, 1.54) is 10.9 Å². The summed E-state index contributed by atoms with van der Waals surface area (Å²) >= 11 is 1.10. The maximum Gasteiger partial charge on any atom is 0.416 e. The number of nitrogens with zero attached hydrogens (tertiary/aromatic N) is 4. The number of hydrogen-bond donors (Lipinski definition) is 2. The van der Waals surface area contributed by atoms with Crippen LogP contribution in [0.2, 0.25) is 0 Å². The van der Waals surface area contributed by atoms with E-state index in [1.54, 1.807) is 29.2 Å². The number of carboxylic acid groups (broad SMARTS) is 1. The lowest BCUT2D eigenvalue weighted by molar-refractivity contribution is -0.162. The smallest absolute Gasteiger partial charge is 0.416 e. The molecular weight excluding hydrogens is 578 g/mol. The van der Waals surface area contributed by atoms with Crippen LogP contribution in [-0.4, -0.2) is 60.6 Å². The highest BCUT2D eigenvalue weighted by Crippen LogP contribution is 2.38. The van der Waals surface area contributed by atoms with Gasteiger partial charge in [-0.3, -0.25) is 9.48 Å². The van der Waals surface area contributed by atoms with Crippen molar-refractivity contribution in [2.45, 2.75) is 37.3 Å². The topological polar surface area (TPSA) is 108 Å². The summed E-state index contributed by atoms with van der Waals surface area (Å²) < 4.78 is 81.0. The molecule has 0 radical (unpaired) electrons. The van der Waals surface area contributed by atoms with Gasteiger partial charge in [-0.05, 0) is 53.2 Å². The van der Waals surface area contributed by atoms with Gasteiger partial charge in [-0.1, -0.05) is 12.1 Å². The van der Waals surface area contributed by atoms with Crippen LogP contribution >= 0.6 is 11.8 Å². The summed E-state index contributed by atoms with van der Waals surface area (Å²) in [6.45, 7) is -0.0140.